The van der Waals surface area contributed by atoms with Crippen LogP contribution in [0.4, 0.5) is 13.2 Å². The van der Waals surface area contributed by atoms with Crippen molar-refractivity contribution in [3.05, 3.63) is 28.8 Å². The number of hydrogen-bond donors (Lipinski definition) is 0. The van der Waals surface area contributed by atoms with E-state index in [1.54, 1.807) is 0 Å². The molecule has 0 bridgehead atoms. The lowest BCUT2D eigenvalue weighted by Crippen LogP contribution is -3.00. The zero-order valence-electron chi connectivity index (χ0n) is 11.6. The maximum Gasteiger partial charge on any atom is 0.416 e. The molecule has 0 atom stereocenters. The van der Waals surface area contributed by atoms with Gasteiger partial charge in [0.2, 0.25) is 10.0 Å². The van der Waals surface area contributed by atoms with E-state index < -0.39 is 26.7 Å². The van der Waals surface area contributed by atoms with Crippen molar-refractivity contribution in [2.45, 2.75) is 11.1 Å². The zero-order chi connectivity index (χ0) is 15.8. The predicted octanol–water partition coefficient (Wildman–Crippen LogP) is -0.701. The van der Waals surface area contributed by atoms with Gasteiger partial charge in [0.05, 0.1) is 10.6 Å². The Morgan fingerprint density at radius 2 is 1.68 bits per heavy atom. The fourth-order valence-electron chi connectivity index (χ4n) is 2.04. The van der Waals surface area contributed by atoms with Crippen LogP contribution in [0.2, 0.25) is 5.02 Å². The number of hydrogen-bond acceptors (Lipinski definition) is 3. The second-order valence-electron chi connectivity index (χ2n) is 4.85. The third-order valence-electron chi connectivity index (χ3n) is 3.34. The van der Waals surface area contributed by atoms with Gasteiger partial charge in [0.15, 0.2) is 0 Å². The van der Waals surface area contributed by atoms with Gasteiger partial charge in [0, 0.05) is 26.2 Å². The van der Waals surface area contributed by atoms with Crippen molar-refractivity contribution in [1.82, 2.24) is 9.21 Å². The number of rotatable bonds is 2. The molecule has 10 heteroatoms. The van der Waals surface area contributed by atoms with Crippen LogP contribution in [0.1, 0.15) is 5.56 Å². The number of sulfonamides is 1. The molecule has 4 nitrogen and oxygen atoms in total. The lowest BCUT2D eigenvalue weighted by atomic mass is 10.2. The van der Waals surface area contributed by atoms with Crippen molar-refractivity contribution in [2.75, 3.05) is 33.2 Å². The summed E-state index contributed by atoms with van der Waals surface area (Å²) in [5.74, 6) is 0. The van der Waals surface area contributed by atoms with Crippen molar-refractivity contribution in [1.29, 1.82) is 0 Å². The fraction of sp³-hybridized carbons (Fsp3) is 0.500. The highest BCUT2D eigenvalue weighted by Gasteiger charge is 2.35. The Morgan fingerprint density at radius 1 is 1.14 bits per heavy atom. The molecule has 1 fully saturated rings. The van der Waals surface area contributed by atoms with E-state index in [4.69, 9.17) is 11.6 Å². The fourth-order valence-corrected chi connectivity index (χ4v) is 3.97. The number of nitrogens with zero attached hydrogens (tertiary/aromatic N) is 2. The molecule has 0 unspecified atom stereocenters. The molecule has 1 aliphatic heterocycles. The van der Waals surface area contributed by atoms with Gasteiger partial charge in [-0.25, -0.2) is 8.42 Å². The molecular formula is C12H14Cl2F3N2O2S-. The summed E-state index contributed by atoms with van der Waals surface area (Å²) in [4.78, 5) is 1.45. The van der Waals surface area contributed by atoms with Gasteiger partial charge in [-0.2, -0.15) is 17.5 Å². The maximum atomic E-state index is 12.7. The maximum absolute atomic E-state index is 12.7. The summed E-state index contributed by atoms with van der Waals surface area (Å²) in [6, 6.07) is 2.33. The van der Waals surface area contributed by atoms with Crippen molar-refractivity contribution in [3.8, 4) is 0 Å². The number of piperazine rings is 1. The normalized spacial score (nSPS) is 18.0. The zero-order valence-corrected chi connectivity index (χ0v) is 13.9. The SMILES string of the molecule is CN1CCN(S(=O)(=O)c2cc(C(F)(F)F)ccc2Cl)CC1.[Cl-]. The van der Waals surface area contributed by atoms with Crippen molar-refractivity contribution >= 4 is 21.6 Å². The molecule has 0 saturated carbocycles. The second kappa shape index (κ2) is 6.92. The van der Waals surface area contributed by atoms with E-state index in [1.165, 1.54) is 0 Å². The highest BCUT2D eigenvalue weighted by Crippen LogP contribution is 2.34. The van der Waals surface area contributed by atoms with Crippen LogP contribution in [0.5, 0.6) is 0 Å². The van der Waals surface area contributed by atoms with Gasteiger partial charge >= 0.3 is 6.18 Å². The minimum atomic E-state index is -4.61. The third-order valence-corrected chi connectivity index (χ3v) is 5.72. The molecule has 1 aliphatic rings. The number of likely N-dealkylation sites (N-methyl/N-ethyl adjacent to an activating group) is 1. The molecule has 0 aliphatic carbocycles. The van der Waals surface area contributed by atoms with Gasteiger partial charge in [-0.3, -0.25) is 0 Å². The summed E-state index contributed by atoms with van der Waals surface area (Å²) in [5, 5.41) is -0.207. The average molecular weight is 378 g/mol. The standard InChI is InChI=1S/C12H14ClF3N2O2S.ClH/c1-17-4-6-18(7-5-17)21(19,20)11-8-9(12(14,15)16)2-3-10(11)13;/h2-3,8H,4-7H2,1H3;1H/p-1. The Labute approximate surface area is 138 Å². The van der Waals surface area contributed by atoms with Gasteiger partial charge in [-0.05, 0) is 25.2 Å². The molecule has 0 amide bonds. The van der Waals surface area contributed by atoms with E-state index >= 15 is 0 Å². The first-order chi connectivity index (χ1) is 9.62. The van der Waals surface area contributed by atoms with Crippen LogP contribution < -0.4 is 12.4 Å². The third kappa shape index (κ3) is 4.05. The Hall–Kier alpha value is -0.540. The second-order valence-corrected chi connectivity index (χ2v) is 7.16. The largest absolute Gasteiger partial charge is 1.00 e. The van der Waals surface area contributed by atoms with E-state index in [2.05, 4.69) is 0 Å². The molecule has 0 aromatic heterocycles. The highest BCUT2D eigenvalue weighted by atomic mass is 35.5. The van der Waals surface area contributed by atoms with Gasteiger partial charge in [0.1, 0.15) is 4.90 Å². The first-order valence-corrected chi connectivity index (χ1v) is 7.99. The summed E-state index contributed by atoms with van der Waals surface area (Å²) in [7, 11) is -2.18. The molecule has 0 N–H and O–H groups in total. The van der Waals surface area contributed by atoms with Crippen LogP contribution in [0, 0.1) is 0 Å². The highest BCUT2D eigenvalue weighted by molar-refractivity contribution is 7.89. The van der Waals surface area contributed by atoms with Gasteiger partial charge < -0.3 is 17.3 Å². The van der Waals surface area contributed by atoms with E-state index in [1.807, 2.05) is 11.9 Å². The minimum absolute atomic E-state index is 0. The van der Waals surface area contributed by atoms with Crippen LogP contribution in [0.3, 0.4) is 0 Å². The average Bonchev–Trinajstić information content (AvgIpc) is 2.38. The summed E-state index contributed by atoms with van der Waals surface area (Å²) >= 11 is 5.80. The number of alkyl halides is 3. The van der Waals surface area contributed by atoms with Gasteiger partial charge in [0.25, 0.3) is 0 Å². The Kier molecular flexibility index (Phi) is 6.14. The lowest BCUT2D eigenvalue weighted by Gasteiger charge is -2.31. The summed E-state index contributed by atoms with van der Waals surface area (Å²) in [6.07, 6.45) is -4.61. The van der Waals surface area contributed by atoms with Crippen LogP contribution in [-0.2, 0) is 16.2 Å². The van der Waals surface area contributed by atoms with Crippen LogP contribution >= 0.6 is 11.6 Å². The quantitative estimate of drug-likeness (QED) is 0.684. The topological polar surface area (TPSA) is 40.6 Å². The predicted molar refractivity (Wildman–Crippen MR) is 72.7 cm³/mol. The molecule has 2 rings (SSSR count). The Morgan fingerprint density at radius 3 is 2.18 bits per heavy atom. The first kappa shape index (κ1) is 19.5. The van der Waals surface area contributed by atoms with Crippen molar-refractivity contribution in [2.24, 2.45) is 0 Å². The molecule has 1 heterocycles. The molecule has 1 aromatic rings. The van der Waals surface area contributed by atoms with Gasteiger partial charge in [-0.15, -0.1) is 0 Å². The Bertz CT molecular complexity index is 630. The van der Waals surface area contributed by atoms with Crippen LogP contribution in [0.15, 0.2) is 23.1 Å². The van der Waals surface area contributed by atoms with Crippen molar-refractivity contribution in [3.63, 3.8) is 0 Å². The summed E-state index contributed by atoms with van der Waals surface area (Å²) in [6.45, 7) is 1.50. The molecule has 0 spiro atoms. The van der Waals surface area contributed by atoms with Crippen LogP contribution in [-0.4, -0.2) is 50.8 Å². The monoisotopic (exact) mass is 377 g/mol. The molecule has 1 saturated heterocycles. The van der Waals surface area contributed by atoms with E-state index in [-0.39, 0.29) is 30.5 Å². The molecule has 1 aromatic carbocycles. The number of benzene rings is 1. The summed E-state index contributed by atoms with van der Waals surface area (Å²) < 4.78 is 64.2. The van der Waals surface area contributed by atoms with E-state index in [9.17, 15) is 21.6 Å². The Balaban J connectivity index is 0.00000242. The molecule has 22 heavy (non-hydrogen) atoms. The lowest BCUT2D eigenvalue weighted by molar-refractivity contribution is -0.137. The molecule has 126 valence electrons. The smallest absolute Gasteiger partial charge is 0.416 e. The van der Waals surface area contributed by atoms with Crippen molar-refractivity contribution < 1.29 is 34.0 Å². The molecular weight excluding hydrogens is 364 g/mol. The minimum Gasteiger partial charge on any atom is -1.00 e. The first-order valence-electron chi connectivity index (χ1n) is 6.18. The van der Waals surface area contributed by atoms with Crippen LogP contribution in [0.25, 0.3) is 0 Å². The van der Waals surface area contributed by atoms with E-state index in [0.717, 1.165) is 16.4 Å². The van der Waals surface area contributed by atoms with Gasteiger partial charge in [-0.1, -0.05) is 11.6 Å². The summed E-state index contributed by atoms with van der Waals surface area (Å²) in [5.41, 5.74) is -1.03. The number of halogens is 5. The van der Waals surface area contributed by atoms with E-state index in [0.29, 0.717) is 19.2 Å². The molecule has 0 radical (unpaired) electrons.